The van der Waals surface area contributed by atoms with Gasteiger partial charge in [0.15, 0.2) is 0 Å². The van der Waals surface area contributed by atoms with E-state index < -0.39 is 0 Å². The Morgan fingerprint density at radius 3 is 2.37 bits per heavy atom. The van der Waals surface area contributed by atoms with Gasteiger partial charge in [-0.05, 0) is 25.6 Å². The summed E-state index contributed by atoms with van der Waals surface area (Å²) in [7, 11) is 0. The van der Waals surface area contributed by atoms with Crippen molar-refractivity contribution in [3.63, 3.8) is 0 Å². The number of rotatable bonds is 7. The number of likely N-dealkylation sites (N-methyl/N-ethyl adjacent to an activating group) is 2. The molecule has 0 aliphatic heterocycles. The molecule has 4 heteroatoms. The normalized spacial score (nSPS) is 10.2. The molecule has 0 unspecified atom stereocenters. The second-order valence-corrected chi connectivity index (χ2v) is 4.28. The van der Waals surface area contributed by atoms with Crippen molar-refractivity contribution in [1.29, 1.82) is 5.26 Å². The second kappa shape index (κ2) is 8.28. The van der Waals surface area contributed by atoms with Crippen molar-refractivity contribution in [2.45, 2.75) is 13.8 Å². The van der Waals surface area contributed by atoms with Gasteiger partial charge in [0.05, 0.1) is 12.6 Å². The second-order valence-electron chi connectivity index (χ2n) is 4.28. The lowest BCUT2D eigenvalue weighted by atomic mass is 10.2. The summed E-state index contributed by atoms with van der Waals surface area (Å²) in [5.41, 5.74) is 0.715. The molecule has 102 valence electrons. The highest BCUT2D eigenvalue weighted by atomic mass is 16.2. The summed E-state index contributed by atoms with van der Waals surface area (Å²) in [4.78, 5) is 16.1. The molecular weight excluding hydrogens is 238 g/mol. The summed E-state index contributed by atoms with van der Waals surface area (Å²) in [6.45, 7) is 7.29. The van der Waals surface area contributed by atoms with E-state index in [0.717, 1.165) is 13.1 Å². The van der Waals surface area contributed by atoms with Crippen molar-refractivity contribution in [2.24, 2.45) is 0 Å². The molecule has 0 saturated heterocycles. The Kier molecular flexibility index (Phi) is 6.62. The van der Waals surface area contributed by atoms with Crippen LogP contribution in [0.5, 0.6) is 0 Å². The van der Waals surface area contributed by atoms with Crippen LogP contribution in [-0.2, 0) is 0 Å². The van der Waals surface area contributed by atoms with Crippen LogP contribution in [0.1, 0.15) is 24.2 Å². The first-order valence-electron chi connectivity index (χ1n) is 6.66. The maximum absolute atomic E-state index is 12.3. The van der Waals surface area contributed by atoms with E-state index in [2.05, 4.69) is 6.07 Å². The summed E-state index contributed by atoms with van der Waals surface area (Å²) in [6, 6.07) is 11.4. The molecule has 1 amide bonds. The van der Waals surface area contributed by atoms with Gasteiger partial charge in [-0.2, -0.15) is 5.26 Å². The third kappa shape index (κ3) is 4.72. The number of hydrogen-bond acceptors (Lipinski definition) is 3. The van der Waals surface area contributed by atoms with Crippen molar-refractivity contribution in [3.8, 4) is 6.07 Å². The average Bonchev–Trinajstić information content (AvgIpc) is 2.47. The standard InChI is InChI=1S/C15H21N3O/c1-3-17(11-10-16)12-13-18(4-2)15(19)14-8-6-5-7-9-14/h5-9H,3-4,11-13H2,1-2H3. The Hall–Kier alpha value is -1.86. The van der Waals surface area contributed by atoms with Crippen molar-refractivity contribution >= 4 is 5.91 Å². The maximum atomic E-state index is 12.3. The zero-order chi connectivity index (χ0) is 14.1. The molecule has 1 rings (SSSR count). The highest BCUT2D eigenvalue weighted by Gasteiger charge is 2.14. The fraction of sp³-hybridized carbons (Fsp3) is 0.467. The van der Waals surface area contributed by atoms with Crippen molar-refractivity contribution in [1.82, 2.24) is 9.80 Å². The van der Waals surface area contributed by atoms with E-state index in [1.165, 1.54) is 0 Å². The quantitative estimate of drug-likeness (QED) is 0.704. The topological polar surface area (TPSA) is 47.3 Å². The van der Waals surface area contributed by atoms with Crippen LogP contribution in [0.25, 0.3) is 0 Å². The monoisotopic (exact) mass is 259 g/mol. The van der Waals surface area contributed by atoms with E-state index in [4.69, 9.17) is 5.26 Å². The third-order valence-electron chi connectivity index (χ3n) is 3.12. The predicted molar refractivity (Wildman–Crippen MR) is 75.7 cm³/mol. The van der Waals surface area contributed by atoms with Gasteiger partial charge in [-0.15, -0.1) is 0 Å². The molecule has 0 aliphatic rings. The van der Waals surface area contributed by atoms with E-state index in [-0.39, 0.29) is 5.91 Å². The minimum atomic E-state index is 0.0520. The van der Waals surface area contributed by atoms with Gasteiger partial charge in [0.1, 0.15) is 0 Å². The fourth-order valence-corrected chi connectivity index (χ4v) is 1.88. The van der Waals surface area contributed by atoms with E-state index in [0.29, 0.717) is 25.2 Å². The Balaban J connectivity index is 2.59. The zero-order valence-corrected chi connectivity index (χ0v) is 11.7. The van der Waals surface area contributed by atoms with E-state index >= 15 is 0 Å². The summed E-state index contributed by atoms with van der Waals surface area (Å²) in [5.74, 6) is 0.0520. The molecular formula is C15H21N3O. The maximum Gasteiger partial charge on any atom is 0.253 e. The van der Waals surface area contributed by atoms with Gasteiger partial charge >= 0.3 is 0 Å². The molecule has 4 nitrogen and oxygen atoms in total. The lowest BCUT2D eigenvalue weighted by Gasteiger charge is -2.24. The van der Waals surface area contributed by atoms with Crippen LogP contribution in [0.15, 0.2) is 30.3 Å². The molecule has 0 aromatic heterocycles. The molecule has 1 aromatic carbocycles. The number of nitriles is 1. The molecule has 0 bridgehead atoms. The highest BCUT2D eigenvalue weighted by molar-refractivity contribution is 5.94. The molecule has 0 spiro atoms. The van der Waals surface area contributed by atoms with E-state index in [9.17, 15) is 4.79 Å². The van der Waals surface area contributed by atoms with Gasteiger partial charge in [0.25, 0.3) is 5.91 Å². The molecule has 0 aliphatic carbocycles. The van der Waals surface area contributed by atoms with E-state index in [1.807, 2.05) is 54.0 Å². The van der Waals surface area contributed by atoms with Crippen LogP contribution >= 0.6 is 0 Å². The van der Waals surface area contributed by atoms with Crippen molar-refractivity contribution in [3.05, 3.63) is 35.9 Å². The first-order chi connectivity index (χ1) is 9.22. The molecule has 0 saturated carbocycles. The van der Waals surface area contributed by atoms with Gasteiger partial charge in [0, 0.05) is 25.2 Å². The van der Waals surface area contributed by atoms with Crippen LogP contribution in [0.4, 0.5) is 0 Å². The Labute approximate surface area is 115 Å². The minimum absolute atomic E-state index is 0.0520. The Morgan fingerprint density at radius 1 is 1.16 bits per heavy atom. The van der Waals surface area contributed by atoms with Crippen molar-refractivity contribution < 1.29 is 4.79 Å². The molecule has 1 aromatic rings. The summed E-state index contributed by atoms with van der Waals surface area (Å²) in [6.07, 6.45) is 0. The molecule has 0 N–H and O–H groups in total. The van der Waals surface area contributed by atoms with Gasteiger partial charge in [0.2, 0.25) is 0 Å². The van der Waals surface area contributed by atoms with E-state index in [1.54, 1.807) is 0 Å². The predicted octanol–water partition coefficient (Wildman–Crippen LogP) is 1.99. The van der Waals surface area contributed by atoms with Crippen molar-refractivity contribution in [2.75, 3.05) is 32.7 Å². The lowest BCUT2D eigenvalue weighted by Crippen LogP contribution is -2.38. The number of carbonyl (C=O) groups excluding carboxylic acids is 1. The molecule has 0 fully saturated rings. The minimum Gasteiger partial charge on any atom is -0.338 e. The number of amides is 1. The number of hydrogen-bond donors (Lipinski definition) is 0. The lowest BCUT2D eigenvalue weighted by molar-refractivity contribution is 0.0748. The molecule has 0 atom stereocenters. The Bertz CT molecular complexity index is 425. The van der Waals surface area contributed by atoms with Gasteiger partial charge < -0.3 is 4.90 Å². The van der Waals surface area contributed by atoms with Crippen LogP contribution in [0, 0.1) is 11.3 Å². The first-order valence-corrected chi connectivity index (χ1v) is 6.66. The van der Waals surface area contributed by atoms with Gasteiger partial charge in [-0.3, -0.25) is 9.69 Å². The Morgan fingerprint density at radius 2 is 1.84 bits per heavy atom. The van der Waals surface area contributed by atoms with Gasteiger partial charge in [-0.1, -0.05) is 25.1 Å². The first kappa shape index (κ1) is 15.2. The largest absolute Gasteiger partial charge is 0.338 e. The zero-order valence-electron chi connectivity index (χ0n) is 11.7. The van der Waals surface area contributed by atoms with Gasteiger partial charge in [-0.25, -0.2) is 0 Å². The highest BCUT2D eigenvalue weighted by Crippen LogP contribution is 2.04. The molecule has 19 heavy (non-hydrogen) atoms. The number of carbonyl (C=O) groups is 1. The summed E-state index contributed by atoms with van der Waals surface area (Å²) < 4.78 is 0. The molecule has 0 heterocycles. The smallest absolute Gasteiger partial charge is 0.253 e. The average molecular weight is 259 g/mol. The van der Waals surface area contributed by atoms with Crippen LogP contribution in [0.3, 0.4) is 0 Å². The van der Waals surface area contributed by atoms with Crippen LogP contribution in [0.2, 0.25) is 0 Å². The third-order valence-corrected chi connectivity index (χ3v) is 3.12. The fourth-order valence-electron chi connectivity index (χ4n) is 1.88. The summed E-state index contributed by atoms with van der Waals surface area (Å²) >= 11 is 0. The van der Waals surface area contributed by atoms with Crippen LogP contribution in [-0.4, -0.2) is 48.4 Å². The number of nitrogens with zero attached hydrogens (tertiary/aromatic N) is 3. The number of benzene rings is 1. The summed E-state index contributed by atoms with van der Waals surface area (Å²) in [5, 5.41) is 8.71. The van der Waals surface area contributed by atoms with Crippen LogP contribution < -0.4 is 0 Å². The SMILES string of the molecule is CCN(CC#N)CCN(CC)C(=O)c1ccccc1. The molecule has 0 radical (unpaired) electrons.